The molecule has 4 nitrogen and oxygen atoms in total. The molecule has 124 valence electrons. The molecule has 0 atom stereocenters. The van der Waals surface area contributed by atoms with Crippen molar-refractivity contribution in [1.29, 1.82) is 0 Å². The predicted octanol–water partition coefficient (Wildman–Crippen LogP) is 5.83. The van der Waals surface area contributed by atoms with E-state index in [1.807, 2.05) is 0 Å². The first-order valence-corrected chi connectivity index (χ1v) is 10.2. The van der Waals surface area contributed by atoms with E-state index in [4.69, 9.17) is 27.4 Å². The number of hydrogen-bond acceptors (Lipinski definition) is 4. The Morgan fingerprint density at radius 2 is 1.79 bits per heavy atom. The maximum Gasteiger partial charge on any atom is 0.340 e. The molecule has 0 spiro atoms. The highest BCUT2D eigenvalue weighted by molar-refractivity contribution is 9.11. The van der Waals surface area contributed by atoms with Gasteiger partial charge in [-0.3, -0.25) is 4.98 Å². The molecule has 24 heavy (non-hydrogen) atoms. The van der Waals surface area contributed by atoms with Crippen LogP contribution in [0.15, 0.2) is 56.4 Å². The molecule has 0 saturated carbocycles. The van der Waals surface area contributed by atoms with Gasteiger partial charge in [-0.1, -0.05) is 39.1 Å². The molecule has 0 bridgehead atoms. The number of halogens is 4. The van der Waals surface area contributed by atoms with Gasteiger partial charge >= 0.3 is 10.1 Å². The number of pyridine rings is 1. The van der Waals surface area contributed by atoms with Crippen LogP contribution in [0.1, 0.15) is 0 Å². The molecule has 9 heteroatoms. The van der Waals surface area contributed by atoms with Gasteiger partial charge in [0.05, 0.1) is 10.0 Å². The van der Waals surface area contributed by atoms with Crippen LogP contribution in [0.5, 0.6) is 5.75 Å². The zero-order valence-corrected chi connectivity index (χ0v) is 17.1. The molecule has 0 unspecified atom stereocenters. The van der Waals surface area contributed by atoms with E-state index in [-0.39, 0.29) is 21.2 Å². The third-order valence-corrected chi connectivity index (χ3v) is 6.41. The molecule has 3 aromatic rings. The Kier molecular flexibility index (Phi) is 5.09. The van der Waals surface area contributed by atoms with Crippen molar-refractivity contribution in [3.63, 3.8) is 0 Å². The number of nitrogens with zero attached hydrogens (tertiary/aromatic N) is 1. The Bertz CT molecular complexity index is 1060. The van der Waals surface area contributed by atoms with Crippen molar-refractivity contribution in [3.05, 3.63) is 61.6 Å². The first kappa shape index (κ1) is 17.9. The lowest BCUT2D eigenvalue weighted by molar-refractivity contribution is 0.487. The Morgan fingerprint density at radius 1 is 1.04 bits per heavy atom. The summed E-state index contributed by atoms with van der Waals surface area (Å²) >= 11 is 18.7. The van der Waals surface area contributed by atoms with E-state index >= 15 is 0 Å². The molecule has 0 saturated heterocycles. The summed E-state index contributed by atoms with van der Waals surface area (Å²) in [6, 6.07) is 9.54. The van der Waals surface area contributed by atoms with Crippen LogP contribution in [0.3, 0.4) is 0 Å². The first-order chi connectivity index (χ1) is 11.3. The maximum atomic E-state index is 12.7. The highest BCUT2D eigenvalue weighted by Gasteiger charge is 2.24. The third kappa shape index (κ3) is 3.41. The minimum atomic E-state index is -4.14. The van der Waals surface area contributed by atoms with E-state index in [0.717, 1.165) is 0 Å². The Labute approximate surface area is 165 Å². The van der Waals surface area contributed by atoms with Crippen molar-refractivity contribution < 1.29 is 12.6 Å². The largest absolute Gasteiger partial charge is 0.375 e. The lowest BCUT2D eigenvalue weighted by atomic mass is 10.2. The van der Waals surface area contributed by atoms with Gasteiger partial charge in [0.25, 0.3) is 0 Å². The third-order valence-electron chi connectivity index (χ3n) is 3.11. The lowest BCUT2D eigenvalue weighted by Gasteiger charge is -2.12. The highest BCUT2D eigenvalue weighted by atomic mass is 79.9. The van der Waals surface area contributed by atoms with Crippen molar-refractivity contribution in [3.8, 4) is 5.75 Å². The summed E-state index contributed by atoms with van der Waals surface area (Å²) in [5, 5.41) is 0.958. The van der Waals surface area contributed by atoms with Crippen molar-refractivity contribution in [2.24, 2.45) is 0 Å². The summed E-state index contributed by atoms with van der Waals surface area (Å²) in [5.41, 5.74) is 0.268. The summed E-state index contributed by atoms with van der Waals surface area (Å²) in [4.78, 5) is 4.11. The molecule has 1 aromatic heterocycles. The first-order valence-electron chi connectivity index (χ1n) is 6.42. The quantitative estimate of drug-likeness (QED) is 0.415. The molecule has 3 rings (SSSR count). The lowest BCUT2D eigenvalue weighted by Crippen LogP contribution is -2.11. The summed E-state index contributed by atoms with van der Waals surface area (Å²) in [6.07, 6.45) is 1.50. The molecule has 0 fully saturated rings. The van der Waals surface area contributed by atoms with Gasteiger partial charge in [0.2, 0.25) is 0 Å². The van der Waals surface area contributed by atoms with Crippen LogP contribution in [0.4, 0.5) is 0 Å². The van der Waals surface area contributed by atoms with Crippen molar-refractivity contribution in [2.45, 2.75) is 4.90 Å². The maximum absolute atomic E-state index is 12.7. The molecule has 0 radical (unpaired) electrons. The fourth-order valence-corrected chi connectivity index (χ4v) is 5.06. The molecule has 0 aliphatic heterocycles. The molecule has 2 aromatic carbocycles. The second-order valence-corrected chi connectivity index (χ2v) is 8.78. The van der Waals surface area contributed by atoms with Gasteiger partial charge < -0.3 is 4.18 Å². The van der Waals surface area contributed by atoms with Crippen LogP contribution in [-0.2, 0) is 10.1 Å². The minimum Gasteiger partial charge on any atom is -0.375 e. The summed E-state index contributed by atoms with van der Waals surface area (Å²) in [6.45, 7) is 0. The smallest absolute Gasteiger partial charge is 0.340 e. The zero-order chi connectivity index (χ0) is 17.5. The van der Waals surface area contributed by atoms with Crippen LogP contribution in [0.2, 0.25) is 10.0 Å². The summed E-state index contributed by atoms with van der Waals surface area (Å²) < 4.78 is 31.6. The molecule has 0 aliphatic rings. The van der Waals surface area contributed by atoms with E-state index in [1.54, 1.807) is 24.3 Å². The van der Waals surface area contributed by atoms with E-state index in [2.05, 4.69) is 36.8 Å². The van der Waals surface area contributed by atoms with E-state index in [0.29, 0.717) is 19.4 Å². The monoisotopic (exact) mass is 509 g/mol. The topological polar surface area (TPSA) is 56.3 Å². The average Bonchev–Trinajstić information content (AvgIpc) is 2.53. The van der Waals surface area contributed by atoms with Gasteiger partial charge in [-0.2, -0.15) is 8.42 Å². The Balaban J connectivity index is 2.18. The fraction of sp³-hybridized carbons (Fsp3) is 0. The van der Waals surface area contributed by atoms with E-state index < -0.39 is 10.1 Å². The van der Waals surface area contributed by atoms with Gasteiger partial charge in [-0.05, 0) is 52.3 Å². The Morgan fingerprint density at radius 3 is 2.54 bits per heavy atom. The molecule has 0 amide bonds. The number of hydrogen-bond donors (Lipinski definition) is 0. The minimum absolute atomic E-state index is 0.0352. The summed E-state index contributed by atoms with van der Waals surface area (Å²) in [5.74, 6) is -0.0662. The number of aromatic nitrogens is 1. The second-order valence-electron chi connectivity index (χ2n) is 4.68. The number of rotatable bonds is 3. The van der Waals surface area contributed by atoms with Crippen LogP contribution in [0.25, 0.3) is 10.9 Å². The van der Waals surface area contributed by atoms with Crippen LogP contribution in [-0.4, -0.2) is 13.4 Å². The standard InChI is InChI=1S/C15H7Br2Cl2NO3S/c16-8-3-4-10(17)13(6-8)24(21,22)23-15-12(19)7-11(18)9-2-1-5-20-14(9)15/h1-7H. The molecule has 0 N–H and O–H groups in total. The SMILES string of the molecule is O=S(=O)(Oc1c(Cl)cc(Cl)c2cccnc12)c1cc(Br)ccc1Br. The zero-order valence-electron chi connectivity index (χ0n) is 11.6. The van der Waals surface area contributed by atoms with Crippen molar-refractivity contribution in [1.82, 2.24) is 4.98 Å². The normalized spacial score (nSPS) is 11.7. The fourth-order valence-electron chi connectivity index (χ4n) is 2.05. The molecule has 0 aliphatic carbocycles. The van der Waals surface area contributed by atoms with Crippen molar-refractivity contribution in [2.75, 3.05) is 0 Å². The Hall–Kier alpha value is -0.860. The van der Waals surface area contributed by atoms with Gasteiger partial charge in [-0.25, -0.2) is 0 Å². The number of benzene rings is 2. The van der Waals surface area contributed by atoms with E-state index in [9.17, 15) is 8.42 Å². The van der Waals surface area contributed by atoms with Crippen molar-refractivity contribution >= 4 is 76.1 Å². The summed E-state index contributed by atoms with van der Waals surface area (Å²) in [7, 11) is -4.14. The van der Waals surface area contributed by atoms with Gasteiger partial charge in [-0.15, -0.1) is 0 Å². The van der Waals surface area contributed by atoms with E-state index in [1.165, 1.54) is 18.3 Å². The molecular formula is C15H7Br2Cl2NO3S. The van der Waals surface area contributed by atoms with Crippen LogP contribution >= 0.6 is 55.1 Å². The number of fused-ring (bicyclic) bond motifs is 1. The van der Waals surface area contributed by atoms with Crippen LogP contribution in [0, 0.1) is 0 Å². The highest BCUT2D eigenvalue weighted by Crippen LogP contribution is 2.39. The average molecular weight is 512 g/mol. The molecule has 1 heterocycles. The molecular weight excluding hydrogens is 505 g/mol. The van der Waals surface area contributed by atoms with Gasteiger partial charge in [0.15, 0.2) is 5.75 Å². The predicted molar refractivity (Wildman–Crippen MR) is 101 cm³/mol. The second kappa shape index (κ2) is 6.80. The van der Waals surface area contributed by atoms with Gasteiger partial charge in [0.1, 0.15) is 10.4 Å². The van der Waals surface area contributed by atoms with Gasteiger partial charge in [0, 0.05) is 20.5 Å². The van der Waals surface area contributed by atoms with Crippen LogP contribution < -0.4 is 4.18 Å².